The number of aromatic nitrogens is 1. The summed E-state index contributed by atoms with van der Waals surface area (Å²) in [4.78, 5) is 20.2. The SMILES string of the molecule is C=C(/C=C\C(=C/C)Nc1cc2c(cn1)CN=C(c1ccccc1F)c1cc(Cl)ccc1-2)C(=O)O. The molecule has 3 aromatic rings. The third kappa shape index (κ3) is 4.82. The van der Waals surface area contributed by atoms with Crippen LogP contribution in [-0.4, -0.2) is 21.8 Å². The zero-order valence-corrected chi connectivity index (χ0v) is 19.1. The van der Waals surface area contributed by atoms with Crippen molar-refractivity contribution in [3.63, 3.8) is 0 Å². The summed E-state index contributed by atoms with van der Waals surface area (Å²) in [6, 6.07) is 13.9. The van der Waals surface area contributed by atoms with Crippen molar-refractivity contribution in [1.29, 1.82) is 0 Å². The van der Waals surface area contributed by atoms with Crippen LogP contribution in [0.4, 0.5) is 10.2 Å². The van der Waals surface area contributed by atoms with Gasteiger partial charge in [-0.1, -0.05) is 42.5 Å². The van der Waals surface area contributed by atoms with E-state index in [9.17, 15) is 9.18 Å². The molecule has 2 heterocycles. The lowest BCUT2D eigenvalue weighted by Crippen LogP contribution is -2.07. The van der Waals surface area contributed by atoms with Crippen molar-refractivity contribution in [3.05, 3.63) is 118 Å². The molecule has 0 bridgehead atoms. The first-order valence-electron chi connectivity index (χ1n) is 10.5. The number of benzene rings is 2. The monoisotopic (exact) mass is 473 g/mol. The van der Waals surface area contributed by atoms with E-state index in [4.69, 9.17) is 21.7 Å². The molecule has 0 spiro atoms. The van der Waals surface area contributed by atoms with Gasteiger partial charge in [0.15, 0.2) is 0 Å². The van der Waals surface area contributed by atoms with Crippen molar-refractivity contribution in [2.75, 3.05) is 5.32 Å². The second kappa shape index (κ2) is 9.85. The number of allylic oxidation sites excluding steroid dienone is 2. The number of pyridine rings is 1. The summed E-state index contributed by atoms with van der Waals surface area (Å²) in [6.07, 6.45) is 6.57. The Balaban J connectivity index is 1.75. The minimum Gasteiger partial charge on any atom is -0.478 e. The molecule has 5 nitrogen and oxygen atoms in total. The van der Waals surface area contributed by atoms with E-state index >= 15 is 0 Å². The van der Waals surface area contributed by atoms with Crippen molar-refractivity contribution in [2.24, 2.45) is 4.99 Å². The molecule has 2 aromatic carbocycles. The molecule has 2 N–H and O–H groups in total. The zero-order valence-electron chi connectivity index (χ0n) is 18.3. The van der Waals surface area contributed by atoms with E-state index in [1.54, 1.807) is 48.7 Å². The fraction of sp³-hybridized carbons (Fsp3) is 0.0741. The number of carbonyl (C=O) groups is 1. The third-order valence-electron chi connectivity index (χ3n) is 5.37. The van der Waals surface area contributed by atoms with Crippen molar-refractivity contribution >= 4 is 29.1 Å². The smallest absolute Gasteiger partial charge is 0.335 e. The van der Waals surface area contributed by atoms with Crippen LogP contribution in [-0.2, 0) is 11.3 Å². The van der Waals surface area contributed by atoms with Gasteiger partial charge in [0, 0.05) is 28.0 Å². The summed E-state index contributed by atoms with van der Waals surface area (Å²) >= 11 is 6.31. The number of halogens is 2. The maximum atomic E-state index is 14.7. The van der Waals surface area contributed by atoms with E-state index in [0.717, 1.165) is 22.3 Å². The molecule has 34 heavy (non-hydrogen) atoms. The number of aliphatic carboxylic acids is 1. The van der Waals surface area contributed by atoms with Gasteiger partial charge in [-0.3, -0.25) is 4.99 Å². The van der Waals surface area contributed by atoms with Crippen molar-refractivity contribution < 1.29 is 14.3 Å². The van der Waals surface area contributed by atoms with Crippen LogP contribution >= 0.6 is 11.6 Å². The second-order valence-electron chi connectivity index (χ2n) is 7.59. The summed E-state index contributed by atoms with van der Waals surface area (Å²) in [6.45, 7) is 5.65. The molecule has 0 amide bonds. The van der Waals surface area contributed by atoms with Crippen LogP contribution < -0.4 is 5.32 Å². The number of nitrogens with one attached hydrogen (secondary N) is 1. The Morgan fingerprint density at radius 3 is 2.65 bits per heavy atom. The van der Waals surface area contributed by atoms with E-state index in [2.05, 4.69) is 16.9 Å². The van der Waals surface area contributed by atoms with Crippen LogP contribution in [0.1, 0.15) is 23.6 Å². The highest BCUT2D eigenvalue weighted by Crippen LogP contribution is 2.35. The average Bonchev–Trinajstić information content (AvgIpc) is 2.98. The molecule has 7 heteroatoms. The van der Waals surface area contributed by atoms with E-state index in [-0.39, 0.29) is 11.4 Å². The van der Waals surface area contributed by atoms with Crippen LogP contribution in [0.3, 0.4) is 0 Å². The van der Waals surface area contributed by atoms with Gasteiger partial charge >= 0.3 is 5.97 Å². The molecule has 0 aliphatic carbocycles. The van der Waals surface area contributed by atoms with Crippen molar-refractivity contribution in [1.82, 2.24) is 4.98 Å². The van der Waals surface area contributed by atoms with Gasteiger partial charge in [0.05, 0.1) is 17.8 Å². The molecule has 4 rings (SSSR count). The van der Waals surface area contributed by atoms with Crippen molar-refractivity contribution in [2.45, 2.75) is 13.5 Å². The molecule has 0 saturated carbocycles. The van der Waals surface area contributed by atoms with Gasteiger partial charge < -0.3 is 10.4 Å². The van der Waals surface area contributed by atoms with E-state index in [1.807, 2.05) is 19.1 Å². The Morgan fingerprint density at radius 2 is 1.91 bits per heavy atom. The lowest BCUT2D eigenvalue weighted by Gasteiger charge is -2.14. The van der Waals surface area contributed by atoms with Crippen LogP contribution in [0.2, 0.25) is 5.02 Å². The van der Waals surface area contributed by atoms with Gasteiger partial charge in [0.25, 0.3) is 0 Å². The molecule has 1 aliphatic heterocycles. The number of aliphatic imine (C=N–C) groups is 1. The summed E-state index contributed by atoms with van der Waals surface area (Å²) in [5.74, 6) is -0.880. The summed E-state index contributed by atoms with van der Waals surface area (Å²) in [5.41, 5.74) is 4.95. The van der Waals surface area contributed by atoms with Gasteiger partial charge in [-0.25, -0.2) is 14.2 Å². The molecule has 0 saturated heterocycles. The highest BCUT2D eigenvalue weighted by atomic mass is 35.5. The number of anilines is 1. The number of rotatable bonds is 6. The third-order valence-corrected chi connectivity index (χ3v) is 5.61. The van der Waals surface area contributed by atoms with Crippen LogP contribution in [0.5, 0.6) is 0 Å². The maximum Gasteiger partial charge on any atom is 0.335 e. The van der Waals surface area contributed by atoms with E-state index in [0.29, 0.717) is 34.4 Å². The normalized spacial score (nSPS) is 13.0. The molecule has 0 unspecified atom stereocenters. The predicted octanol–water partition coefficient (Wildman–Crippen LogP) is 6.40. The molecule has 1 aliphatic rings. The quantitative estimate of drug-likeness (QED) is 0.320. The molecule has 1 aromatic heterocycles. The van der Waals surface area contributed by atoms with Gasteiger partial charge in [0.2, 0.25) is 0 Å². The Hall–Kier alpha value is -4.03. The molecular formula is C27H21ClFN3O2. The standard InChI is InChI=1S/C27H21ClFN3O2/c1-3-19(10-8-16(2)27(33)34)32-25-13-22-17(14-30-25)15-31-26(21-6-4-5-7-24(21)29)23-12-18(28)9-11-20(22)23/h3-14H,2,15H2,1H3,(H,30,32)(H,33,34)/b10-8-,19-3+. The number of hydrogen-bond acceptors (Lipinski definition) is 4. The van der Waals surface area contributed by atoms with Crippen LogP contribution in [0.15, 0.2) is 95.8 Å². The first-order chi connectivity index (χ1) is 16.4. The average molecular weight is 474 g/mol. The summed E-state index contributed by atoms with van der Waals surface area (Å²) < 4.78 is 14.7. The number of carboxylic acid groups (broad SMARTS) is 1. The fourth-order valence-corrected chi connectivity index (χ4v) is 3.80. The first kappa shape index (κ1) is 23.1. The minimum absolute atomic E-state index is 0.0281. The van der Waals surface area contributed by atoms with Crippen LogP contribution in [0, 0.1) is 5.82 Å². The topological polar surface area (TPSA) is 74.6 Å². The van der Waals surface area contributed by atoms with E-state index < -0.39 is 5.97 Å². The van der Waals surface area contributed by atoms with E-state index in [1.165, 1.54) is 12.1 Å². The van der Waals surface area contributed by atoms with Crippen molar-refractivity contribution in [3.8, 4) is 11.1 Å². The van der Waals surface area contributed by atoms with Gasteiger partial charge in [-0.15, -0.1) is 0 Å². The zero-order chi connectivity index (χ0) is 24.2. The Labute approximate surface area is 201 Å². The second-order valence-corrected chi connectivity index (χ2v) is 8.03. The molecule has 0 fully saturated rings. The van der Waals surface area contributed by atoms with Gasteiger partial charge in [0.1, 0.15) is 11.6 Å². The number of fused-ring (bicyclic) bond motifs is 3. The maximum absolute atomic E-state index is 14.7. The number of carboxylic acids is 1. The summed E-state index contributed by atoms with van der Waals surface area (Å²) in [7, 11) is 0. The fourth-order valence-electron chi connectivity index (χ4n) is 3.63. The largest absolute Gasteiger partial charge is 0.478 e. The molecular weight excluding hydrogens is 453 g/mol. The lowest BCUT2D eigenvalue weighted by atomic mass is 9.92. The molecule has 0 atom stereocenters. The highest BCUT2D eigenvalue weighted by Gasteiger charge is 2.22. The molecule has 170 valence electrons. The van der Waals surface area contributed by atoms with Gasteiger partial charge in [-0.2, -0.15) is 0 Å². The summed E-state index contributed by atoms with van der Waals surface area (Å²) in [5, 5.41) is 12.7. The lowest BCUT2D eigenvalue weighted by molar-refractivity contribution is -0.132. The number of nitrogens with zero attached hydrogens (tertiary/aromatic N) is 2. The van der Waals surface area contributed by atoms with Gasteiger partial charge in [-0.05, 0) is 66.1 Å². The molecule has 0 radical (unpaired) electrons. The highest BCUT2D eigenvalue weighted by molar-refractivity contribution is 6.31. The minimum atomic E-state index is -1.09. The van der Waals surface area contributed by atoms with Crippen LogP contribution in [0.25, 0.3) is 11.1 Å². The Morgan fingerprint density at radius 1 is 1.12 bits per heavy atom. The number of hydrogen-bond donors (Lipinski definition) is 2. The first-order valence-corrected chi connectivity index (χ1v) is 10.9. The Bertz CT molecular complexity index is 1390. The predicted molar refractivity (Wildman–Crippen MR) is 134 cm³/mol. The Kier molecular flexibility index (Phi) is 6.70.